The van der Waals surface area contributed by atoms with E-state index >= 15 is 0 Å². The zero-order valence-corrected chi connectivity index (χ0v) is 6.58. The van der Waals surface area contributed by atoms with Gasteiger partial charge in [0.2, 0.25) is 0 Å². The zero-order valence-electron chi connectivity index (χ0n) is 6.58. The Kier molecular flexibility index (Phi) is 2.93. The molecule has 0 fully saturated rings. The highest BCUT2D eigenvalue weighted by Gasteiger charge is 1.90. The first-order valence-corrected chi connectivity index (χ1v) is 3.42. The monoisotopic (exact) mass is 149 g/mol. The number of ether oxygens (including phenoxy) is 1. The van der Waals surface area contributed by atoms with Gasteiger partial charge in [-0.15, -0.1) is 0 Å². The predicted molar refractivity (Wildman–Crippen MR) is 44.2 cm³/mol. The number of methoxy groups -OCH3 is 1. The van der Waals surface area contributed by atoms with Crippen LogP contribution in [0, 0.1) is 7.05 Å². The first-order valence-electron chi connectivity index (χ1n) is 3.42. The molecular formula is C9H11NO-. The van der Waals surface area contributed by atoms with Crippen LogP contribution in [0.2, 0.25) is 0 Å². The fourth-order valence-corrected chi connectivity index (χ4v) is 0.860. The van der Waals surface area contributed by atoms with Crippen molar-refractivity contribution >= 4 is 0 Å². The van der Waals surface area contributed by atoms with Gasteiger partial charge in [-0.1, -0.05) is 12.1 Å². The van der Waals surface area contributed by atoms with E-state index in [1.165, 1.54) is 0 Å². The first kappa shape index (κ1) is 8.08. The largest absolute Gasteiger partial charge is 0.497 e. The molecular weight excluding hydrogens is 138 g/mol. The Hall–Kier alpha value is -1.02. The van der Waals surface area contributed by atoms with E-state index in [0.29, 0.717) is 6.54 Å². The van der Waals surface area contributed by atoms with E-state index in [0.717, 1.165) is 11.3 Å². The van der Waals surface area contributed by atoms with Gasteiger partial charge in [0.1, 0.15) is 5.75 Å². The summed E-state index contributed by atoms with van der Waals surface area (Å²) in [7, 11) is 5.07. The fraction of sp³-hybridized carbons (Fsp3) is 0.222. The van der Waals surface area contributed by atoms with Crippen LogP contribution in [0.5, 0.6) is 5.75 Å². The van der Waals surface area contributed by atoms with Crippen LogP contribution >= 0.6 is 0 Å². The van der Waals surface area contributed by atoms with Gasteiger partial charge in [-0.25, -0.2) is 0 Å². The lowest BCUT2D eigenvalue weighted by atomic mass is 10.2. The third-order valence-corrected chi connectivity index (χ3v) is 1.45. The molecule has 1 aromatic carbocycles. The smallest absolute Gasteiger partial charge is 0.118 e. The SMILES string of the molecule is [CH2-][N]Cc1ccc(OC)cc1. The molecule has 0 atom stereocenters. The van der Waals surface area contributed by atoms with Crippen LogP contribution in [-0.2, 0) is 6.54 Å². The molecule has 59 valence electrons. The summed E-state index contributed by atoms with van der Waals surface area (Å²) in [6.07, 6.45) is 0. The standard InChI is InChI=1S/C9H11NO/c1-10-7-8-3-5-9(11-2)6-4-8/h3-6H,1,7H2,2H3/q-1. The van der Waals surface area contributed by atoms with Gasteiger partial charge < -0.3 is 10.1 Å². The summed E-state index contributed by atoms with van der Waals surface area (Å²) in [6.45, 7) is 0.671. The van der Waals surface area contributed by atoms with Crippen molar-refractivity contribution in [3.05, 3.63) is 36.9 Å². The van der Waals surface area contributed by atoms with Crippen LogP contribution < -0.4 is 10.1 Å². The Bertz CT molecular complexity index is 205. The summed E-state index contributed by atoms with van der Waals surface area (Å²) in [5, 5.41) is 3.77. The number of hydrogen-bond acceptors (Lipinski definition) is 1. The van der Waals surface area contributed by atoms with Crippen molar-refractivity contribution in [1.29, 1.82) is 0 Å². The van der Waals surface area contributed by atoms with Gasteiger partial charge in [0.25, 0.3) is 0 Å². The van der Waals surface area contributed by atoms with Crippen molar-refractivity contribution < 1.29 is 4.74 Å². The van der Waals surface area contributed by atoms with Gasteiger partial charge in [-0.05, 0) is 17.7 Å². The molecule has 0 amide bonds. The molecule has 0 heterocycles. The maximum Gasteiger partial charge on any atom is 0.118 e. The molecule has 1 radical (unpaired) electrons. The van der Waals surface area contributed by atoms with E-state index in [-0.39, 0.29) is 0 Å². The lowest BCUT2D eigenvalue weighted by Crippen LogP contribution is -1.93. The van der Waals surface area contributed by atoms with Crippen LogP contribution in [0.3, 0.4) is 0 Å². The third-order valence-electron chi connectivity index (χ3n) is 1.45. The molecule has 0 spiro atoms. The van der Waals surface area contributed by atoms with Crippen molar-refractivity contribution in [2.24, 2.45) is 0 Å². The normalized spacial score (nSPS) is 9.64. The minimum absolute atomic E-state index is 0.671. The Morgan fingerprint density at radius 3 is 2.45 bits per heavy atom. The number of rotatable bonds is 3. The second-order valence-electron chi connectivity index (χ2n) is 2.23. The van der Waals surface area contributed by atoms with Crippen LogP contribution in [0.4, 0.5) is 0 Å². The lowest BCUT2D eigenvalue weighted by molar-refractivity contribution is 0.414. The molecule has 0 N–H and O–H groups in total. The van der Waals surface area contributed by atoms with Gasteiger partial charge in [-0.2, -0.15) is 0 Å². The summed E-state index contributed by atoms with van der Waals surface area (Å²) in [5.41, 5.74) is 1.15. The van der Waals surface area contributed by atoms with E-state index in [1.54, 1.807) is 7.11 Å². The molecule has 0 unspecified atom stereocenters. The summed E-state index contributed by atoms with van der Waals surface area (Å²) in [6, 6.07) is 7.79. The molecule has 0 saturated heterocycles. The fourth-order valence-electron chi connectivity index (χ4n) is 0.860. The quantitative estimate of drug-likeness (QED) is 0.598. The molecule has 1 rings (SSSR count). The van der Waals surface area contributed by atoms with Gasteiger partial charge in [0.05, 0.1) is 7.11 Å². The van der Waals surface area contributed by atoms with Crippen LogP contribution in [0.25, 0.3) is 0 Å². The van der Waals surface area contributed by atoms with E-state index in [2.05, 4.69) is 12.4 Å². The second-order valence-corrected chi connectivity index (χ2v) is 2.23. The minimum Gasteiger partial charge on any atom is -0.497 e. The molecule has 11 heavy (non-hydrogen) atoms. The van der Waals surface area contributed by atoms with Gasteiger partial charge >= 0.3 is 0 Å². The van der Waals surface area contributed by atoms with Gasteiger partial charge in [0.15, 0.2) is 0 Å². The lowest BCUT2D eigenvalue weighted by Gasteiger charge is -2.03. The number of hydrogen-bond donors (Lipinski definition) is 0. The van der Waals surface area contributed by atoms with Crippen molar-refractivity contribution in [2.75, 3.05) is 7.11 Å². The zero-order chi connectivity index (χ0) is 8.10. The van der Waals surface area contributed by atoms with Crippen molar-refractivity contribution in [3.8, 4) is 5.75 Å². The molecule has 0 bridgehead atoms. The van der Waals surface area contributed by atoms with Gasteiger partial charge in [0, 0.05) is 6.54 Å². The van der Waals surface area contributed by atoms with Crippen LogP contribution in [0.15, 0.2) is 24.3 Å². The average Bonchev–Trinajstić information content (AvgIpc) is 2.07. The summed E-state index contributed by atoms with van der Waals surface area (Å²) in [5.74, 6) is 0.873. The Morgan fingerprint density at radius 2 is 2.00 bits per heavy atom. The molecule has 0 saturated carbocycles. The maximum absolute atomic E-state index is 5.00. The molecule has 0 aliphatic heterocycles. The Morgan fingerprint density at radius 1 is 1.36 bits per heavy atom. The highest BCUT2D eigenvalue weighted by molar-refractivity contribution is 5.26. The Balaban J connectivity index is 2.66. The van der Waals surface area contributed by atoms with E-state index in [9.17, 15) is 0 Å². The highest BCUT2D eigenvalue weighted by Crippen LogP contribution is 2.10. The van der Waals surface area contributed by atoms with Crippen LogP contribution in [-0.4, -0.2) is 7.11 Å². The highest BCUT2D eigenvalue weighted by atomic mass is 16.5. The first-order chi connectivity index (χ1) is 5.36. The molecule has 2 nitrogen and oxygen atoms in total. The maximum atomic E-state index is 5.00. The van der Waals surface area contributed by atoms with E-state index in [4.69, 9.17) is 4.74 Å². The minimum atomic E-state index is 0.671. The molecule has 0 aliphatic rings. The number of benzene rings is 1. The summed E-state index contributed by atoms with van der Waals surface area (Å²) < 4.78 is 5.00. The third kappa shape index (κ3) is 2.24. The molecule has 2 heteroatoms. The Labute approximate surface area is 67.2 Å². The van der Waals surface area contributed by atoms with Crippen LogP contribution in [0.1, 0.15) is 5.56 Å². The molecule has 0 aromatic heterocycles. The topological polar surface area (TPSA) is 23.3 Å². The van der Waals surface area contributed by atoms with Crippen molar-refractivity contribution in [2.45, 2.75) is 6.54 Å². The predicted octanol–water partition coefficient (Wildman–Crippen LogP) is 1.59. The van der Waals surface area contributed by atoms with E-state index in [1.807, 2.05) is 24.3 Å². The molecule has 0 aliphatic carbocycles. The second kappa shape index (κ2) is 3.98. The molecule has 1 aromatic rings. The van der Waals surface area contributed by atoms with Crippen molar-refractivity contribution in [1.82, 2.24) is 5.32 Å². The van der Waals surface area contributed by atoms with E-state index < -0.39 is 0 Å². The van der Waals surface area contributed by atoms with Crippen molar-refractivity contribution in [3.63, 3.8) is 0 Å². The number of nitrogens with zero attached hydrogens (tertiary/aromatic N) is 1. The summed E-state index contributed by atoms with van der Waals surface area (Å²) >= 11 is 0. The average molecular weight is 149 g/mol. The summed E-state index contributed by atoms with van der Waals surface area (Å²) in [4.78, 5) is 0. The van der Waals surface area contributed by atoms with Gasteiger partial charge in [-0.3, -0.25) is 7.05 Å².